The molecule has 1 aromatic rings. The van der Waals surface area contributed by atoms with Crippen molar-refractivity contribution < 1.29 is 14.6 Å². The average Bonchev–Trinajstić information content (AvgIpc) is 2.41. The molecule has 2 rings (SSSR count). The predicted octanol–water partition coefficient (Wildman–Crippen LogP) is 3.06. The van der Waals surface area contributed by atoms with E-state index in [4.69, 9.17) is 9.84 Å². The van der Waals surface area contributed by atoms with Crippen LogP contribution in [0.15, 0.2) is 18.2 Å². The van der Waals surface area contributed by atoms with Crippen molar-refractivity contribution in [3.8, 4) is 0 Å². The third-order valence-electron chi connectivity index (χ3n) is 3.91. The smallest absolute Gasteiger partial charge is 0.336 e. The zero-order valence-electron chi connectivity index (χ0n) is 11.5. The Morgan fingerprint density at radius 2 is 2.11 bits per heavy atom. The van der Waals surface area contributed by atoms with Crippen molar-refractivity contribution in [3.63, 3.8) is 0 Å². The molecule has 0 heterocycles. The van der Waals surface area contributed by atoms with Crippen LogP contribution in [0, 0.1) is 6.92 Å². The normalized spacial score (nSPS) is 23.1. The second-order valence-electron chi connectivity index (χ2n) is 5.09. The Balaban J connectivity index is 2.18. The highest BCUT2D eigenvalue weighted by atomic mass is 16.5. The van der Waals surface area contributed by atoms with E-state index in [1.165, 1.54) is 12.8 Å². The molecule has 104 valence electrons. The van der Waals surface area contributed by atoms with Crippen molar-refractivity contribution in [2.45, 2.75) is 44.8 Å². The number of hydrogen-bond donors (Lipinski definition) is 2. The summed E-state index contributed by atoms with van der Waals surface area (Å²) in [6.07, 6.45) is 4.72. The first-order chi connectivity index (χ1) is 9.13. The number of carboxylic acids is 1. The number of methoxy groups -OCH3 is 1. The molecule has 19 heavy (non-hydrogen) atoms. The van der Waals surface area contributed by atoms with Gasteiger partial charge in [0.05, 0.1) is 17.7 Å². The fourth-order valence-electron chi connectivity index (χ4n) is 2.77. The van der Waals surface area contributed by atoms with Crippen LogP contribution in [0.2, 0.25) is 0 Å². The van der Waals surface area contributed by atoms with Gasteiger partial charge in [-0.1, -0.05) is 18.9 Å². The fraction of sp³-hybridized carbons (Fsp3) is 0.533. The van der Waals surface area contributed by atoms with E-state index in [-0.39, 0.29) is 12.1 Å². The lowest BCUT2D eigenvalue weighted by atomic mass is 9.92. The third-order valence-corrected chi connectivity index (χ3v) is 3.91. The molecule has 0 bridgehead atoms. The van der Waals surface area contributed by atoms with Gasteiger partial charge in [-0.05, 0) is 37.5 Å². The van der Waals surface area contributed by atoms with Crippen molar-refractivity contribution >= 4 is 11.7 Å². The highest BCUT2D eigenvalue weighted by molar-refractivity contribution is 5.91. The van der Waals surface area contributed by atoms with E-state index in [0.717, 1.165) is 24.1 Å². The number of carboxylic acid groups (broad SMARTS) is 1. The lowest BCUT2D eigenvalue weighted by Gasteiger charge is -2.32. The summed E-state index contributed by atoms with van der Waals surface area (Å²) in [4.78, 5) is 11.1. The Morgan fingerprint density at radius 1 is 1.37 bits per heavy atom. The lowest BCUT2D eigenvalue weighted by molar-refractivity contribution is 0.0606. The molecule has 0 aromatic heterocycles. The molecule has 0 amide bonds. The molecule has 2 atom stereocenters. The van der Waals surface area contributed by atoms with E-state index in [1.54, 1.807) is 19.2 Å². The van der Waals surface area contributed by atoms with E-state index < -0.39 is 5.97 Å². The first-order valence-corrected chi connectivity index (χ1v) is 6.75. The summed E-state index contributed by atoms with van der Waals surface area (Å²) in [6, 6.07) is 5.62. The van der Waals surface area contributed by atoms with Gasteiger partial charge in [0, 0.05) is 12.8 Å². The molecule has 2 N–H and O–H groups in total. The van der Waals surface area contributed by atoms with Gasteiger partial charge < -0.3 is 15.2 Å². The molecule has 1 aliphatic carbocycles. The number of anilines is 1. The van der Waals surface area contributed by atoms with Crippen LogP contribution in [0.4, 0.5) is 5.69 Å². The summed E-state index contributed by atoms with van der Waals surface area (Å²) in [6.45, 7) is 1.84. The number of ether oxygens (including phenoxy) is 1. The molecule has 0 spiro atoms. The van der Waals surface area contributed by atoms with Crippen molar-refractivity contribution in [2.75, 3.05) is 12.4 Å². The van der Waals surface area contributed by atoms with Gasteiger partial charge in [-0.2, -0.15) is 0 Å². The summed E-state index contributed by atoms with van der Waals surface area (Å²) in [5.41, 5.74) is 2.04. The third kappa shape index (κ3) is 3.07. The summed E-state index contributed by atoms with van der Waals surface area (Å²) in [5.74, 6) is -0.881. The number of hydrogen-bond acceptors (Lipinski definition) is 3. The van der Waals surface area contributed by atoms with E-state index in [0.29, 0.717) is 5.56 Å². The van der Waals surface area contributed by atoms with Gasteiger partial charge in [-0.25, -0.2) is 4.79 Å². The molecule has 0 radical (unpaired) electrons. The van der Waals surface area contributed by atoms with E-state index in [2.05, 4.69) is 5.32 Å². The van der Waals surface area contributed by atoms with Crippen molar-refractivity contribution in [1.82, 2.24) is 0 Å². The Morgan fingerprint density at radius 3 is 2.79 bits per heavy atom. The van der Waals surface area contributed by atoms with E-state index in [9.17, 15) is 4.79 Å². The van der Waals surface area contributed by atoms with Crippen LogP contribution >= 0.6 is 0 Å². The Labute approximate surface area is 113 Å². The maximum Gasteiger partial charge on any atom is 0.336 e. The van der Waals surface area contributed by atoms with E-state index >= 15 is 0 Å². The predicted molar refractivity (Wildman–Crippen MR) is 74.8 cm³/mol. The standard InChI is InChI=1S/C15H21NO3/c1-10-11(15(17)18)6-5-8-12(10)16-13-7-3-4-9-14(13)19-2/h5-6,8,13-14,16H,3-4,7,9H2,1-2H3,(H,17,18). The quantitative estimate of drug-likeness (QED) is 0.876. The number of nitrogens with one attached hydrogen (secondary N) is 1. The van der Waals surface area contributed by atoms with Crippen LogP contribution in [0.3, 0.4) is 0 Å². The number of rotatable bonds is 4. The van der Waals surface area contributed by atoms with Crippen LogP contribution in [0.1, 0.15) is 41.6 Å². The topological polar surface area (TPSA) is 58.6 Å². The summed E-state index contributed by atoms with van der Waals surface area (Å²) in [5, 5.41) is 12.6. The second kappa shape index (κ2) is 6.06. The Kier molecular flexibility index (Phi) is 4.43. The average molecular weight is 263 g/mol. The van der Waals surface area contributed by atoms with Gasteiger partial charge in [-0.15, -0.1) is 0 Å². The monoisotopic (exact) mass is 263 g/mol. The molecule has 1 fully saturated rings. The zero-order valence-corrected chi connectivity index (χ0v) is 11.5. The van der Waals surface area contributed by atoms with Crippen LogP contribution in [-0.2, 0) is 4.74 Å². The van der Waals surface area contributed by atoms with E-state index in [1.807, 2.05) is 13.0 Å². The maximum absolute atomic E-state index is 11.1. The van der Waals surface area contributed by atoms with Crippen molar-refractivity contribution in [3.05, 3.63) is 29.3 Å². The molecular weight excluding hydrogens is 242 g/mol. The Hall–Kier alpha value is -1.55. The molecule has 0 aliphatic heterocycles. The second-order valence-corrected chi connectivity index (χ2v) is 5.09. The lowest BCUT2D eigenvalue weighted by Crippen LogP contribution is -2.38. The summed E-state index contributed by atoms with van der Waals surface area (Å²) >= 11 is 0. The maximum atomic E-state index is 11.1. The van der Waals surface area contributed by atoms with Crippen LogP contribution in [0.5, 0.6) is 0 Å². The highest BCUT2D eigenvalue weighted by Gasteiger charge is 2.25. The first-order valence-electron chi connectivity index (χ1n) is 6.75. The molecule has 2 unspecified atom stereocenters. The van der Waals surface area contributed by atoms with Gasteiger partial charge in [0.15, 0.2) is 0 Å². The molecule has 4 heteroatoms. The van der Waals surface area contributed by atoms with Gasteiger partial charge in [-0.3, -0.25) is 0 Å². The van der Waals surface area contributed by atoms with Gasteiger partial charge in [0.1, 0.15) is 0 Å². The molecule has 1 aliphatic rings. The fourth-order valence-corrected chi connectivity index (χ4v) is 2.77. The Bertz CT molecular complexity index is 459. The highest BCUT2D eigenvalue weighted by Crippen LogP contribution is 2.26. The first kappa shape index (κ1) is 13.9. The largest absolute Gasteiger partial charge is 0.478 e. The summed E-state index contributed by atoms with van der Waals surface area (Å²) in [7, 11) is 1.74. The van der Waals surface area contributed by atoms with Crippen LogP contribution < -0.4 is 5.32 Å². The van der Waals surface area contributed by atoms with Gasteiger partial charge in [0.2, 0.25) is 0 Å². The van der Waals surface area contributed by atoms with Crippen LogP contribution in [-0.4, -0.2) is 30.3 Å². The van der Waals surface area contributed by atoms with Crippen molar-refractivity contribution in [2.24, 2.45) is 0 Å². The SMILES string of the molecule is COC1CCCCC1Nc1cccc(C(=O)O)c1C. The molecule has 4 nitrogen and oxygen atoms in total. The number of carbonyl (C=O) groups is 1. The molecular formula is C15H21NO3. The molecule has 1 aromatic carbocycles. The van der Waals surface area contributed by atoms with Crippen LogP contribution in [0.25, 0.3) is 0 Å². The molecule has 0 saturated heterocycles. The van der Waals surface area contributed by atoms with Gasteiger partial charge in [0.25, 0.3) is 0 Å². The number of aromatic carboxylic acids is 1. The minimum Gasteiger partial charge on any atom is -0.478 e. The zero-order chi connectivity index (χ0) is 13.8. The molecule has 1 saturated carbocycles. The van der Waals surface area contributed by atoms with Crippen molar-refractivity contribution in [1.29, 1.82) is 0 Å². The van der Waals surface area contributed by atoms with Gasteiger partial charge >= 0.3 is 5.97 Å². The minimum atomic E-state index is -0.881. The summed E-state index contributed by atoms with van der Waals surface area (Å²) < 4.78 is 5.51. The minimum absolute atomic E-state index is 0.210. The number of benzene rings is 1.